The topological polar surface area (TPSA) is 124 Å². The lowest BCUT2D eigenvalue weighted by Gasteiger charge is -2.08. The fourth-order valence-corrected chi connectivity index (χ4v) is 3.41. The summed E-state index contributed by atoms with van der Waals surface area (Å²) in [7, 11) is 1.91. The van der Waals surface area contributed by atoms with Crippen LogP contribution < -0.4 is 5.32 Å². The van der Waals surface area contributed by atoms with E-state index < -0.39 is 12.1 Å². The van der Waals surface area contributed by atoms with Crippen molar-refractivity contribution in [3.05, 3.63) is 72.7 Å². The minimum Gasteiger partial charge on any atom is -0.475 e. The summed E-state index contributed by atoms with van der Waals surface area (Å²) in [5.74, 6) is -0.598. The highest BCUT2D eigenvalue weighted by Gasteiger charge is 2.38. The van der Waals surface area contributed by atoms with Gasteiger partial charge in [0.2, 0.25) is 5.95 Å². The summed E-state index contributed by atoms with van der Waals surface area (Å²) in [5.41, 5.74) is 4.86. The Morgan fingerprint density at radius 3 is 2.27 bits per heavy atom. The van der Waals surface area contributed by atoms with Gasteiger partial charge in [0.05, 0.1) is 17.4 Å². The Labute approximate surface area is 208 Å². The SMILES string of the molecule is Cc1nc(C)n(-c2ccc(Nc3ncc4ccc(-c5cnn(C)c5)cc4n3)cc2)n1.O=C(O)C(F)(F)F. The molecule has 37 heavy (non-hydrogen) atoms. The van der Waals surface area contributed by atoms with Crippen LogP contribution in [0.3, 0.4) is 0 Å². The summed E-state index contributed by atoms with van der Waals surface area (Å²) in [6.45, 7) is 3.82. The van der Waals surface area contributed by atoms with Crippen molar-refractivity contribution in [1.82, 2.24) is 34.5 Å². The fraction of sp³-hybridized carbons (Fsp3) is 0.167. The molecule has 5 aromatic rings. The van der Waals surface area contributed by atoms with Gasteiger partial charge >= 0.3 is 12.1 Å². The zero-order valence-corrected chi connectivity index (χ0v) is 19.9. The van der Waals surface area contributed by atoms with Crippen LogP contribution in [0.15, 0.2) is 61.1 Å². The number of nitrogens with one attached hydrogen (secondary N) is 1. The Morgan fingerprint density at radius 2 is 1.70 bits per heavy atom. The molecular weight excluding hydrogens is 489 g/mol. The molecule has 2 aromatic carbocycles. The van der Waals surface area contributed by atoms with Crippen LogP contribution >= 0.6 is 0 Å². The lowest BCUT2D eigenvalue weighted by Crippen LogP contribution is -2.21. The summed E-state index contributed by atoms with van der Waals surface area (Å²) in [6.07, 6.45) is 0.580. The number of aliphatic carboxylic acids is 1. The van der Waals surface area contributed by atoms with Crippen LogP contribution in [0.25, 0.3) is 27.7 Å². The number of benzene rings is 2. The van der Waals surface area contributed by atoms with Crippen LogP contribution in [0.1, 0.15) is 11.6 Å². The second-order valence-electron chi connectivity index (χ2n) is 7.96. The van der Waals surface area contributed by atoms with Gasteiger partial charge in [0.25, 0.3) is 0 Å². The molecule has 13 heteroatoms. The Bertz CT molecular complexity index is 1560. The standard InChI is InChI=1S/C22H20N8.C2HF3O2/c1-14-25-15(2)30(28-14)20-8-6-19(7-9-20)26-22-23-11-17-5-4-16(10-21(17)27-22)18-12-24-29(3)13-18;3-2(4,5)1(6)7/h4-13H,1-3H3,(H,23,26,27);(H,6,7). The number of hydrogen-bond acceptors (Lipinski definition) is 7. The molecular formula is C24H21F3N8O2. The smallest absolute Gasteiger partial charge is 0.475 e. The molecule has 0 saturated heterocycles. The van der Waals surface area contributed by atoms with Crippen LogP contribution in [-0.2, 0) is 11.8 Å². The van der Waals surface area contributed by atoms with Gasteiger partial charge in [-0.3, -0.25) is 4.68 Å². The molecule has 3 aromatic heterocycles. The number of hydrogen-bond donors (Lipinski definition) is 2. The van der Waals surface area contributed by atoms with E-state index in [0.29, 0.717) is 5.95 Å². The fourth-order valence-electron chi connectivity index (χ4n) is 3.41. The van der Waals surface area contributed by atoms with Gasteiger partial charge in [0, 0.05) is 36.1 Å². The highest BCUT2D eigenvalue weighted by Crippen LogP contribution is 2.24. The van der Waals surface area contributed by atoms with Gasteiger partial charge < -0.3 is 10.4 Å². The minimum absolute atomic E-state index is 0.548. The molecule has 10 nitrogen and oxygen atoms in total. The van der Waals surface area contributed by atoms with Crippen LogP contribution in [0.2, 0.25) is 0 Å². The predicted octanol–water partition coefficient (Wildman–Crippen LogP) is 4.60. The van der Waals surface area contributed by atoms with E-state index in [4.69, 9.17) is 9.90 Å². The van der Waals surface area contributed by atoms with E-state index in [1.807, 2.05) is 74.5 Å². The zero-order chi connectivity index (χ0) is 26.7. The third-order valence-corrected chi connectivity index (χ3v) is 5.11. The molecule has 2 N–H and O–H groups in total. The minimum atomic E-state index is -5.08. The normalized spacial score (nSPS) is 11.2. The van der Waals surface area contributed by atoms with E-state index in [9.17, 15) is 13.2 Å². The van der Waals surface area contributed by atoms with E-state index >= 15 is 0 Å². The second-order valence-corrected chi connectivity index (χ2v) is 7.96. The molecule has 5 rings (SSSR count). The van der Waals surface area contributed by atoms with Crippen LogP contribution in [0.4, 0.5) is 24.8 Å². The number of carbonyl (C=O) groups is 1. The maximum absolute atomic E-state index is 10.6. The molecule has 0 bridgehead atoms. The number of anilines is 2. The third-order valence-electron chi connectivity index (χ3n) is 5.11. The molecule has 0 radical (unpaired) electrons. The van der Waals surface area contributed by atoms with Crippen molar-refractivity contribution in [2.75, 3.05) is 5.32 Å². The van der Waals surface area contributed by atoms with Gasteiger partial charge in [-0.05, 0) is 49.7 Å². The van der Waals surface area contributed by atoms with Crippen molar-refractivity contribution < 1.29 is 23.1 Å². The zero-order valence-electron chi connectivity index (χ0n) is 19.9. The Morgan fingerprint density at radius 1 is 1.00 bits per heavy atom. The molecule has 0 aliphatic carbocycles. The Hall–Kier alpha value is -4.81. The van der Waals surface area contributed by atoms with Crippen molar-refractivity contribution in [1.29, 1.82) is 0 Å². The van der Waals surface area contributed by atoms with Gasteiger partial charge in [-0.1, -0.05) is 12.1 Å². The molecule has 0 unspecified atom stereocenters. The largest absolute Gasteiger partial charge is 0.490 e. The number of rotatable bonds is 4. The predicted molar refractivity (Wildman–Crippen MR) is 130 cm³/mol. The number of halogens is 3. The van der Waals surface area contributed by atoms with E-state index in [1.165, 1.54) is 0 Å². The van der Waals surface area contributed by atoms with Crippen LogP contribution in [0.5, 0.6) is 0 Å². The molecule has 3 heterocycles. The van der Waals surface area contributed by atoms with Crippen LogP contribution in [0, 0.1) is 13.8 Å². The highest BCUT2D eigenvalue weighted by atomic mass is 19.4. The van der Waals surface area contributed by atoms with E-state index in [1.54, 1.807) is 4.68 Å². The third kappa shape index (κ3) is 6.07. The molecule has 0 aliphatic heterocycles. The van der Waals surface area contributed by atoms with Crippen molar-refractivity contribution in [2.24, 2.45) is 7.05 Å². The number of aryl methyl sites for hydroxylation is 3. The maximum Gasteiger partial charge on any atom is 0.490 e. The first-order valence-corrected chi connectivity index (χ1v) is 10.8. The molecule has 0 fully saturated rings. The molecule has 190 valence electrons. The molecule has 0 spiro atoms. The monoisotopic (exact) mass is 510 g/mol. The first kappa shape index (κ1) is 25.3. The number of aromatic nitrogens is 7. The van der Waals surface area contributed by atoms with Gasteiger partial charge in [0.15, 0.2) is 0 Å². The molecule has 0 saturated carbocycles. The summed E-state index contributed by atoms with van der Waals surface area (Å²) in [6, 6.07) is 14.1. The summed E-state index contributed by atoms with van der Waals surface area (Å²) >= 11 is 0. The highest BCUT2D eigenvalue weighted by molar-refractivity contribution is 5.84. The van der Waals surface area contributed by atoms with Gasteiger partial charge in [-0.15, -0.1) is 0 Å². The summed E-state index contributed by atoms with van der Waals surface area (Å²) in [5, 5.41) is 20.0. The van der Waals surface area contributed by atoms with Crippen molar-refractivity contribution in [2.45, 2.75) is 20.0 Å². The summed E-state index contributed by atoms with van der Waals surface area (Å²) < 4.78 is 35.4. The average Bonchev–Trinajstić information content (AvgIpc) is 3.43. The van der Waals surface area contributed by atoms with E-state index in [-0.39, 0.29) is 0 Å². The number of alkyl halides is 3. The van der Waals surface area contributed by atoms with Crippen molar-refractivity contribution in [3.8, 4) is 16.8 Å². The van der Waals surface area contributed by atoms with E-state index in [0.717, 1.165) is 45.1 Å². The lowest BCUT2D eigenvalue weighted by molar-refractivity contribution is -0.192. The van der Waals surface area contributed by atoms with Gasteiger partial charge in [-0.2, -0.15) is 23.4 Å². The Kier molecular flexibility index (Phi) is 6.87. The van der Waals surface area contributed by atoms with E-state index in [2.05, 4.69) is 42.6 Å². The first-order valence-electron chi connectivity index (χ1n) is 10.8. The summed E-state index contributed by atoms with van der Waals surface area (Å²) in [4.78, 5) is 22.4. The maximum atomic E-state index is 10.6. The number of nitrogens with zero attached hydrogens (tertiary/aromatic N) is 7. The number of carboxylic acids is 1. The van der Waals surface area contributed by atoms with Gasteiger partial charge in [-0.25, -0.2) is 24.4 Å². The van der Waals surface area contributed by atoms with Gasteiger partial charge in [0.1, 0.15) is 11.6 Å². The molecule has 0 amide bonds. The lowest BCUT2D eigenvalue weighted by atomic mass is 10.1. The van der Waals surface area contributed by atoms with Crippen molar-refractivity contribution in [3.63, 3.8) is 0 Å². The number of fused-ring (bicyclic) bond motifs is 1. The Balaban J connectivity index is 0.000000405. The molecule has 0 atom stereocenters. The van der Waals surface area contributed by atoms with Crippen LogP contribution in [-0.4, -0.2) is 51.8 Å². The number of carboxylic acid groups (broad SMARTS) is 1. The van der Waals surface area contributed by atoms with Crippen molar-refractivity contribution >= 4 is 28.5 Å². The first-order chi connectivity index (χ1) is 17.5. The quantitative estimate of drug-likeness (QED) is 0.359. The average molecular weight is 510 g/mol. The second kappa shape index (κ2) is 10.0. The molecule has 0 aliphatic rings.